The molecule has 1 aliphatic heterocycles. The van der Waals surface area contributed by atoms with Crippen LogP contribution in [-0.2, 0) is 9.59 Å². The summed E-state index contributed by atoms with van der Waals surface area (Å²) >= 11 is 0. The third kappa shape index (κ3) is 3.43. The Morgan fingerprint density at radius 1 is 1.35 bits per heavy atom. The molecule has 1 aliphatic rings. The van der Waals surface area contributed by atoms with E-state index in [0.29, 0.717) is 25.4 Å². The van der Waals surface area contributed by atoms with Gasteiger partial charge in [0, 0.05) is 19.0 Å². The molecule has 1 heterocycles. The topological polar surface area (TPSA) is 83.6 Å². The second kappa shape index (κ2) is 5.49. The first-order valence-electron chi connectivity index (χ1n) is 6.10. The maximum absolute atomic E-state index is 11.9. The number of carbonyl (C=O) groups excluding carboxylic acids is 1. The van der Waals surface area contributed by atoms with E-state index in [1.165, 1.54) is 0 Å². The fraction of sp³-hybridized carbons (Fsp3) is 0.833. The number of amides is 1. The molecule has 0 aliphatic carbocycles. The summed E-state index contributed by atoms with van der Waals surface area (Å²) in [6.07, 6.45) is 0.675. The minimum absolute atomic E-state index is 0.0486. The van der Waals surface area contributed by atoms with E-state index < -0.39 is 12.0 Å². The lowest BCUT2D eigenvalue weighted by atomic mass is 9.86. The molecule has 0 aromatic carbocycles. The zero-order valence-corrected chi connectivity index (χ0v) is 10.7. The molecule has 0 radical (unpaired) electrons. The summed E-state index contributed by atoms with van der Waals surface area (Å²) in [5.74, 6) is -0.770. The summed E-state index contributed by atoms with van der Waals surface area (Å²) in [5, 5.41) is 8.84. The third-order valence-corrected chi connectivity index (χ3v) is 3.36. The molecule has 0 saturated carbocycles. The number of carboxylic acids is 1. The Morgan fingerprint density at radius 3 is 2.29 bits per heavy atom. The van der Waals surface area contributed by atoms with Crippen LogP contribution in [0.1, 0.15) is 27.2 Å². The Bertz CT molecular complexity index is 298. The molecule has 0 aromatic heterocycles. The van der Waals surface area contributed by atoms with Crippen molar-refractivity contribution in [2.75, 3.05) is 13.1 Å². The standard InChI is InChI=1S/C12H22N2O3/c1-7(2)4-10(13)11(15)14-5-9(6-14)8(3)12(16)17/h7-10H,4-6,13H2,1-3H3,(H,16,17)/t8?,10-/m0/s1. The monoisotopic (exact) mass is 242 g/mol. The van der Waals surface area contributed by atoms with E-state index >= 15 is 0 Å². The molecule has 3 N–H and O–H groups in total. The van der Waals surface area contributed by atoms with E-state index in [2.05, 4.69) is 0 Å². The van der Waals surface area contributed by atoms with Crippen LogP contribution in [0.2, 0.25) is 0 Å². The summed E-state index contributed by atoms with van der Waals surface area (Å²) in [6, 6.07) is -0.448. The van der Waals surface area contributed by atoms with E-state index in [4.69, 9.17) is 10.8 Å². The van der Waals surface area contributed by atoms with Crippen LogP contribution in [0.25, 0.3) is 0 Å². The van der Waals surface area contributed by atoms with Gasteiger partial charge in [0.15, 0.2) is 0 Å². The lowest BCUT2D eigenvalue weighted by Gasteiger charge is -2.42. The van der Waals surface area contributed by atoms with Crippen LogP contribution in [0.15, 0.2) is 0 Å². The average Bonchev–Trinajstić information content (AvgIpc) is 2.13. The van der Waals surface area contributed by atoms with Crippen molar-refractivity contribution in [3.63, 3.8) is 0 Å². The van der Waals surface area contributed by atoms with Crippen molar-refractivity contribution >= 4 is 11.9 Å². The molecule has 0 aromatic rings. The fourth-order valence-electron chi connectivity index (χ4n) is 2.05. The highest BCUT2D eigenvalue weighted by atomic mass is 16.4. The van der Waals surface area contributed by atoms with Crippen molar-refractivity contribution in [3.8, 4) is 0 Å². The van der Waals surface area contributed by atoms with Gasteiger partial charge in [0.2, 0.25) is 5.91 Å². The molecule has 5 nitrogen and oxygen atoms in total. The highest BCUT2D eigenvalue weighted by Crippen LogP contribution is 2.25. The SMILES string of the molecule is CC(C)C[C@H](N)C(=O)N1CC(C(C)C(=O)O)C1. The third-order valence-electron chi connectivity index (χ3n) is 3.36. The van der Waals surface area contributed by atoms with E-state index in [9.17, 15) is 9.59 Å². The maximum atomic E-state index is 11.9. The van der Waals surface area contributed by atoms with Gasteiger partial charge in [0.05, 0.1) is 12.0 Å². The predicted octanol–water partition coefficient (Wildman–Crippen LogP) is 0.539. The molecule has 5 heteroatoms. The van der Waals surface area contributed by atoms with Crippen molar-refractivity contribution in [2.45, 2.75) is 33.2 Å². The van der Waals surface area contributed by atoms with Gasteiger partial charge in [-0.15, -0.1) is 0 Å². The Labute approximate surface area is 102 Å². The first-order chi connectivity index (χ1) is 7.82. The smallest absolute Gasteiger partial charge is 0.306 e. The minimum atomic E-state index is -0.798. The van der Waals surface area contributed by atoms with Gasteiger partial charge in [0.25, 0.3) is 0 Å². The lowest BCUT2D eigenvalue weighted by Crippen LogP contribution is -2.57. The van der Waals surface area contributed by atoms with Gasteiger partial charge in [0.1, 0.15) is 0 Å². The number of rotatable bonds is 5. The van der Waals surface area contributed by atoms with Gasteiger partial charge >= 0.3 is 5.97 Å². The summed E-state index contributed by atoms with van der Waals surface area (Å²) in [6.45, 7) is 6.79. The molecular weight excluding hydrogens is 220 g/mol. The highest BCUT2D eigenvalue weighted by Gasteiger charge is 2.38. The Kier molecular flexibility index (Phi) is 4.51. The molecule has 0 bridgehead atoms. The number of nitrogens with zero attached hydrogens (tertiary/aromatic N) is 1. The van der Waals surface area contributed by atoms with Crippen LogP contribution >= 0.6 is 0 Å². The summed E-state index contributed by atoms with van der Waals surface area (Å²) in [4.78, 5) is 24.3. The number of aliphatic carboxylic acids is 1. The van der Waals surface area contributed by atoms with Gasteiger partial charge in [-0.3, -0.25) is 9.59 Å². The van der Waals surface area contributed by atoms with Gasteiger partial charge < -0.3 is 15.7 Å². The van der Waals surface area contributed by atoms with Crippen LogP contribution in [-0.4, -0.2) is 41.0 Å². The van der Waals surface area contributed by atoms with Crippen LogP contribution in [0.4, 0.5) is 0 Å². The maximum Gasteiger partial charge on any atom is 0.306 e. The highest BCUT2D eigenvalue weighted by molar-refractivity contribution is 5.82. The summed E-state index contributed by atoms with van der Waals surface area (Å²) in [5.41, 5.74) is 5.80. The predicted molar refractivity (Wildman–Crippen MR) is 64.3 cm³/mol. The van der Waals surface area contributed by atoms with Crippen LogP contribution in [0.5, 0.6) is 0 Å². The van der Waals surface area contributed by atoms with Crippen molar-refractivity contribution in [1.29, 1.82) is 0 Å². The number of nitrogens with two attached hydrogens (primary N) is 1. The number of hydrogen-bond acceptors (Lipinski definition) is 3. The van der Waals surface area contributed by atoms with Gasteiger partial charge in [-0.05, 0) is 12.3 Å². The quantitative estimate of drug-likeness (QED) is 0.737. The van der Waals surface area contributed by atoms with Gasteiger partial charge in [-0.1, -0.05) is 20.8 Å². The van der Waals surface area contributed by atoms with Crippen LogP contribution < -0.4 is 5.73 Å². The fourth-order valence-corrected chi connectivity index (χ4v) is 2.05. The van der Waals surface area contributed by atoms with Gasteiger partial charge in [-0.25, -0.2) is 0 Å². The van der Waals surface area contributed by atoms with Crippen molar-refractivity contribution in [3.05, 3.63) is 0 Å². The first-order valence-corrected chi connectivity index (χ1v) is 6.10. The molecule has 17 heavy (non-hydrogen) atoms. The minimum Gasteiger partial charge on any atom is -0.481 e. The number of carboxylic acid groups (broad SMARTS) is 1. The zero-order chi connectivity index (χ0) is 13.2. The number of likely N-dealkylation sites (tertiary alicyclic amines) is 1. The number of carbonyl (C=O) groups is 2. The number of hydrogen-bond donors (Lipinski definition) is 2. The van der Waals surface area contributed by atoms with Crippen molar-refractivity contribution in [1.82, 2.24) is 4.90 Å². The Morgan fingerprint density at radius 2 is 1.88 bits per heavy atom. The Hall–Kier alpha value is -1.10. The lowest BCUT2D eigenvalue weighted by molar-refractivity contribution is -0.151. The first kappa shape index (κ1) is 14.0. The molecule has 98 valence electrons. The molecular formula is C12H22N2O3. The zero-order valence-electron chi connectivity index (χ0n) is 10.7. The van der Waals surface area contributed by atoms with Crippen molar-refractivity contribution in [2.24, 2.45) is 23.5 Å². The largest absolute Gasteiger partial charge is 0.481 e. The molecule has 0 spiro atoms. The summed E-state index contributed by atoms with van der Waals surface area (Å²) in [7, 11) is 0. The van der Waals surface area contributed by atoms with Gasteiger partial charge in [-0.2, -0.15) is 0 Å². The van der Waals surface area contributed by atoms with E-state index in [1.807, 2.05) is 13.8 Å². The molecule has 1 fully saturated rings. The summed E-state index contributed by atoms with van der Waals surface area (Å²) < 4.78 is 0. The van der Waals surface area contributed by atoms with Crippen LogP contribution in [0.3, 0.4) is 0 Å². The average molecular weight is 242 g/mol. The van der Waals surface area contributed by atoms with E-state index in [1.54, 1.807) is 11.8 Å². The second-order valence-corrected chi connectivity index (χ2v) is 5.37. The van der Waals surface area contributed by atoms with E-state index in [-0.39, 0.29) is 17.7 Å². The Balaban J connectivity index is 2.37. The van der Waals surface area contributed by atoms with E-state index in [0.717, 1.165) is 0 Å². The molecule has 1 rings (SSSR count). The normalized spacial score (nSPS) is 19.9. The molecule has 2 atom stereocenters. The van der Waals surface area contributed by atoms with Crippen molar-refractivity contribution < 1.29 is 14.7 Å². The molecule has 1 unspecified atom stereocenters. The molecule has 1 saturated heterocycles. The van der Waals surface area contributed by atoms with Crippen LogP contribution in [0, 0.1) is 17.8 Å². The second-order valence-electron chi connectivity index (χ2n) is 5.37. The molecule has 1 amide bonds.